The lowest BCUT2D eigenvalue weighted by atomic mass is 10.1. The fourth-order valence-corrected chi connectivity index (χ4v) is 3.41. The molecule has 0 unspecified atom stereocenters. The van der Waals surface area contributed by atoms with E-state index in [0.717, 1.165) is 0 Å². The van der Waals surface area contributed by atoms with Crippen LogP contribution in [-0.4, -0.2) is 32.2 Å². The van der Waals surface area contributed by atoms with Crippen LogP contribution >= 0.6 is 11.8 Å². The fourth-order valence-electron chi connectivity index (χ4n) is 2.52. The Hall–Kier alpha value is -3.63. The molecule has 3 heterocycles. The molecule has 0 aliphatic rings. The molecule has 0 aromatic carbocycles. The Morgan fingerprint density at radius 2 is 2.04 bits per heavy atom. The third kappa shape index (κ3) is 3.59. The number of rotatable bonds is 5. The van der Waals surface area contributed by atoms with Crippen LogP contribution in [0.1, 0.15) is 39.8 Å². The molecular formula is C18H14N6O3S. The Labute approximate surface area is 163 Å². The summed E-state index contributed by atoms with van der Waals surface area (Å²) < 4.78 is 6.16. The van der Waals surface area contributed by atoms with E-state index in [2.05, 4.69) is 15.1 Å². The number of thioether (sulfide) groups is 1. The quantitative estimate of drug-likeness (QED) is 0.512. The summed E-state index contributed by atoms with van der Waals surface area (Å²) in [6.45, 7) is 3.59. The monoisotopic (exact) mass is 394 g/mol. The van der Waals surface area contributed by atoms with Crippen LogP contribution in [0.5, 0.6) is 0 Å². The van der Waals surface area contributed by atoms with Crippen molar-refractivity contribution >= 4 is 23.4 Å². The average Bonchev–Trinajstić information content (AvgIpc) is 3.10. The first-order valence-corrected chi connectivity index (χ1v) is 9.18. The maximum Gasteiger partial charge on any atom is 0.340 e. The van der Waals surface area contributed by atoms with Crippen LogP contribution in [0.15, 0.2) is 28.2 Å². The summed E-state index contributed by atoms with van der Waals surface area (Å²) in [6.07, 6.45) is 1.41. The van der Waals surface area contributed by atoms with Gasteiger partial charge in [-0.25, -0.2) is 19.3 Å². The summed E-state index contributed by atoms with van der Waals surface area (Å²) in [5.74, 6) is -0.265. The maximum absolute atomic E-state index is 12.2. The molecule has 9 nitrogen and oxygen atoms in total. The van der Waals surface area contributed by atoms with Crippen LogP contribution in [0.2, 0.25) is 0 Å². The predicted molar refractivity (Wildman–Crippen MR) is 99.7 cm³/mol. The molecule has 28 heavy (non-hydrogen) atoms. The highest BCUT2D eigenvalue weighted by molar-refractivity contribution is 7.98. The molecule has 10 heteroatoms. The number of aromatic amines is 1. The number of aromatic nitrogens is 4. The van der Waals surface area contributed by atoms with Crippen molar-refractivity contribution in [2.75, 3.05) is 6.61 Å². The zero-order valence-electron chi connectivity index (χ0n) is 15.0. The highest BCUT2D eigenvalue weighted by atomic mass is 32.2. The SMILES string of the molecule is CCOC(=O)c1cc(C#N)c(SCc2cc(=O)n3[nH]cc(C#N)c3n2)nc1C. The van der Waals surface area contributed by atoms with Crippen molar-refractivity contribution in [1.29, 1.82) is 10.5 Å². The number of nitriles is 2. The average molecular weight is 394 g/mol. The minimum absolute atomic E-state index is 0.226. The van der Waals surface area contributed by atoms with Gasteiger partial charge in [-0.1, -0.05) is 11.8 Å². The molecule has 3 aromatic heterocycles. The van der Waals surface area contributed by atoms with E-state index >= 15 is 0 Å². The Morgan fingerprint density at radius 1 is 1.29 bits per heavy atom. The van der Waals surface area contributed by atoms with Crippen molar-refractivity contribution in [2.24, 2.45) is 0 Å². The fraction of sp³-hybridized carbons (Fsp3) is 0.222. The molecule has 0 aliphatic heterocycles. The second-order valence-electron chi connectivity index (χ2n) is 5.64. The summed E-state index contributed by atoms with van der Waals surface area (Å²) in [5, 5.41) is 21.6. The molecule has 3 aromatic rings. The number of pyridine rings is 1. The topological polar surface area (TPSA) is 137 Å². The Kier molecular flexibility index (Phi) is 5.43. The van der Waals surface area contributed by atoms with Gasteiger partial charge in [-0.2, -0.15) is 10.5 Å². The lowest BCUT2D eigenvalue weighted by Gasteiger charge is -2.09. The second-order valence-corrected chi connectivity index (χ2v) is 6.60. The van der Waals surface area contributed by atoms with Crippen molar-refractivity contribution in [3.8, 4) is 12.1 Å². The number of H-pyrrole nitrogens is 1. The zero-order chi connectivity index (χ0) is 20.3. The van der Waals surface area contributed by atoms with Crippen molar-refractivity contribution in [3.05, 3.63) is 56.8 Å². The lowest BCUT2D eigenvalue weighted by Crippen LogP contribution is -2.15. The van der Waals surface area contributed by atoms with Crippen LogP contribution in [-0.2, 0) is 10.5 Å². The van der Waals surface area contributed by atoms with Crippen molar-refractivity contribution < 1.29 is 9.53 Å². The first-order valence-electron chi connectivity index (χ1n) is 8.20. The number of nitrogens with zero attached hydrogens (tertiary/aromatic N) is 5. The molecule has 0 saturated carbocycles. The van der Waals surface area contributed by atoms with Gasteiger partial charge in [0, 0.05) is 18.0 Å². The number of ether oxygens (including phenoxy) is 1. The third-order valence-corrected chi connectivity index (χ3v) is 4.85. The molecule has 3 rings (SSSR count). The number of nitrogens with one attached hydrogen (secondary N) is 1. The molecule has 0 aliphatic carbocycles. The predicted octanol–water partition coefficient (Wildman–Crippen LogP) is 1.94. The van der Waals surface area contributed by atoms with E-state index in [0.29, 0.717) is 16.4 Å². The maximum atomic E-state index is 12.2. The van der Waals surface area contributed by atoms with E-state index in [1.54, 1.807) is 13.8 Å². The molecule has 0 spiro atoms. The van der Waals surface area contributed by atoms with Crippen LogP contribution < -0.4 is 5.56 Å². The minimum atomic E-state index is -0.530. The van der Waals surface area contributed by atoms with E-state index in [1.165, 1.54) is 34.6 Å². The lowest BCUT2D eigenvalue weighted by molar-refractivity contribution is 0.0524. The number of fused-ring (bicyclic) bond motifs is 1. The summed E-state index contributed by atoms with van der Waals surface area (Å²) in [7, 11) is 0. The van der Waals surface area contributed by atoms with E-state index in [-0.39, 0.29) is 40.3 Å². The van der Waals surface area contributed by atoms with Gasteiger partial charge in [0.25, 0.3) is 5.56 Å². The van der Waals surface area contributed by atoms with Crippen LogP contribution in [0.4, 0.5) is 0 Å². The number of carbonyl (C=O) groups is 1. The summed E-state index contributed by atoms with van der Waals surface area (Å²) in [5.41, 5.74) is 1.53. The number of carbonyl (C=O) groups excluding carboxylic acids is 1. The summed E-state index contributed by atoms with van der Waals surface area (Å²) in [4.78, 5) is 32.8. The van der Waals surface area contributed by atoms with Gasteiger partial charge in [0.05, 0.1) is 29.1 Å². The van der Waals surface area contributed by atoms with Gasteiger partial charge in [-0.15, -0.1) is 0 Å². The molecule has 0 amide bonds. The van der Waals surface area contributed by atoms with E-state index in [9.17, 15) is 14.9 Å². The van der Waals surface area contributed by atoms with Gasteiger partial charge in [-0.05, 0) is 19.9 Å². The third-order valence-electron chi connectivity index (χ3n) is 3.82. The van der Waals surface area contributed by atoms with Gasteiger partial charge >= 0.3 is 5.97 Å². The van der Waals surface area contributed by atoms with Gasteiger partial charge in [0.2, 0.25) is 0 Å². The molecule has 0 radical (unpaired) electrons. The van der Waals surface area contributed by atoms with Crippen molar-refractivity contribution in [1.82, 2.24) is 19.6 Å². The highest BCUT2D eigenvalue weighted by Gasteiger charge is 2.17. The normalized spacial score (nSPS) is 10.4. The molecule has 1 N–H and O–H groups in total. The van der Waals surface area contributed by atoms with Gasteiger partial charge in [0.1, 0.15) is 22.7 Å². The zero-order valence-corrected chi connectivity index (χ0v) is 15.8. The molecular weight excluding hydrogens is 380 g/mol. The Balaban J connectivity index is 1.91. The van der Waals surface area contributed by atoms with Crippen molar-refractivity contribution in [3.63, 3.8) is 0 Å². The number of esters is 1. The van der Waals surface area contributed by atoms with Gasteiger partial charge in [-0.3, -0.25) is 9.89 Å². The first kappa shape index (κ1) is 19.1. The summed E-state index contributed by atoms with van der Waals surface area (Å²) >= 11 is 1.22. The van der Waals surface area contributed by atoms with Crippen LogP contribution in [0, 0.1) is 29.6 Å². The molecule has 140 valence electrons. The van der Waals surface area contributed by atoms with Crippen LogP contribution in [0.3, 0.4) is 0 Å². The number of hydrogen-bond donors (Lipinski definition) is 1. The molecule has 0 saturated heterocycles. The van der Waals surface area contributed by atoms with Crippen molar-refractivity contribution in [2.45, 2.75) is 24.6 Å². The van der Waals surface area contributed by atoms with E-state index in [1.807, 2.05) is 12.1 Å². The van der Waals surface area contributed by atoms with Gasteiger partial charge in [0.15, 0.2) is 5.65 Å². The standard InChI is InChI=1S/C18H14N6O3S/c1-3-27-18(26)14-4-11(6-19)17(22-10(14)2)28-9-13-5-15(25)24-16(23-13)12(7-20)8-21-24/h4-5,8,21H,3,9H2,1-2H3. The first-order chi connectivity index (χ1) is 13.5. The minimum Gasteiger partial charge on any atom is -0.462 e. The Morgan fingerprint density at radius 3 is 2.71 bits per heavy atom. The molecule has 0 bridgehead atoms. The van der Waals surface area contributed by atoms with Gasteiger partial charge < -0.3 is 4.74 Å². The second kappa shape index (κ2) is 7.94. The largest absolute Gasteiger partial charge is 0.462 e. The van der Waals surface area contributed by atoms with Crippen LogP contribution in [0.25, 0.3) is 5.65 Å². The number of hydrogen-bond acceptors (Lipinski definition) is 8. The molecule has 0 fully saturated rings. The number of aryl methyl sites for hydroxylation is 1. The summed E-state index contributed by atoms with van der Waals surface area (Å²) in [6, 6.07) is 6.80. The van der Waals surface area contributed by atoms with E-state index < -0.39 is 5.97 Å². The molecule has 0 atom stereocenters. The highest BCUT2D eigenvalue weighted by Crippen LogP contribution is 2.26. The van der Waals surface area contributed by atoms with E-state index in [4.69, 9.17) is 10.00 Å². The smallest absolute Gasteiger partial charge is 0.340 e. The Bertz CT molecular complexity index is 1210.